The highest BCUT2D eigenvalue weighted by Gasteiger charge is 2.18. The first kappa shape index (κ1) is 11.9. The number of aromatic nitrogens is 2. The summed E-state index contributed by atoms with van der Waals surface area (Å²) in [4.78, 5) is 0. The largest absolute Gasteiger partial charge is 0.396 e. The molecule has 1 heterocycles. The number of halogens is 3. The average molecular weight is 258 g/mol. The van der Waals surface area contributed by atoms with Crippen molar-refractivity contribution in [2.45, 2.75) is 13.0 Å². The minimum absolute atomic E-state index is 0.00188. The molecule has 90 valence electrons. The Kier molecular flexibility index (Phi) is 3.28. The summed E-state index contributed by atoms with van der Waals surface area (Å²) in [5.74, 6) is 0. The van der Waals surface area contributed by atoms with Crippen LogP contribution in [0.1, 0.15) is 17.7 Å². The normalized spacial score (nSPS) is 11.1. The molecule has 1 aromatic carbocycles. The lowest BCUT2D eigenvalue weighted by Crippen LogP contribution is -2.07. The molecule has 6 heteroatoms. The Hall–Kier alpha value is -1.62. The van der Waals surface area contributed by atoms with E-state index in [2.05, 4.69) is 5.10 Å². The minimum atomic E-state index is -2.64. The summed E-state index contributed by atoms with van der Waals surface area (Å²) in [6, 6.07) is 6.97. The van der Waals surface area contributed by atoms with Crippen molar-refractivity contribution in [1.82, 2.24) is 9.78 Å². The maximum absolute atomic E-state index is 12.7. The van der Waals surface area contributed by atoms with E-state index >= 15 is 0 Å². The van der Waals surface area contributed by atoms with Crippen molar-refractivity contribution in [2.24, 2.45) is 0 Å². The second kappa shape index (κ2) is 4.71. The molecule has 0 bridgehead atoms. The third-order valence-electron chi connectivity index (χ3n) is 2.34. The molecule has 0 amide bonds. The fourth-order valence-corrected chi connectivity index (χ4v) is 1.80. The Balaban J connectivity index is 2.30. The summed E-state index contributed by atoms with van der Waals surface area (Å²) >= 11 is 5.82. The second-order valence-electron chi connectivity index (χ2n) is 3.57. The molecular weight excluding hydrogens is 248 g/mol. The van der Waals surface area contributed by atoms with E-state index in [1.165, 1.54) is 10.9 Å². The highest BCUT2D eigenvalue weighted by molar-refractivity contribution is 6.30. The third-order valence-corrected chi connectivity index (χ3v) is 2.57. The van der Waals surface area contributed by atoms with Crippen molar-refractivity contribution < 1.29 is 8.78 Å². The van der Waals surface area contributed by atoms with Gasteiger partial charge in [0.2, 0.25) is 0 Å². The van der Waals surface area contributed by atoms with Crippen molar-refractivity contribution in [1.29, 1.82) is 0 Å². The van der Waals surface area contributed by atoms with E-state index in [0.29, 0.717) is 5.02 Å². The lowest BCUT2D eigenvalue weighted by Gasteiger charge is -2.07. The molecule has 17 heavy (non-hydrogen) atoms. The van der Waals surface area contributed by atoms with E-state index in [0.717, 1.165) is 5.56 Å². The first-order valence-electron chi connectivity index (χ1n) is 4.91. The Morgan fingerprint density at radius 3 is 2.82 bits per heavy atom. The molecule has 0 atom stereocenters. The Bertz CT molecular complexity index is 525. The van der Waals surface area contributed by atoms with E-state index in [1.807, 2.05) is 0 Å². The molecule has 0 aliphatic rings. The standard InChI is InChI=1S/C11H10ClF2N3/c12-8-3-1-2-7(4-8)6-17-10(11(13)14)9(15)5-16-17/h1-5,11H,6,15H2. The highest BCUT2D eigenvalue weighted by Crippen LogP contribution is 2.25. The van der Waals surface area contributed by atoms with Gasteiger partial charge in [-0.25, -0.2) is 8.78 Å². The zero-order valence-corrected chi connectivity index (χ0v) is 9.53. The number of hydrogen-bond acceptors (Lipinski definition) is 2. The number of alkyl halides is 2. The first-order chi connectivity index (χ1) is 8.08. The molecule has 2 N–H and O–H groups in total. The van der Waals surface area contributed by atoms with Gasteiger partial charge >= 0.3 is 0 Å². The van der Waals surface area contributed by atoms with Gasteiger partial charge in [-0.15, -0.1) is 0 Å². The van der Waals surface area contributed by atoms with Crippen molar-refractivity contribution in [2.75, 3.05) is 5.73 Å². The van der Waals surface area contributed by atoms with Crippen LogP contribution < -0.4 is 5.73 Å². The van der Waals surface area contributed by atoms with E-state index in [9.17, 15) is 8.78 Å². The van der Waals surface area contributed by atoms with E-state index in [1.54, 1.807) is 24.3 Å². The fraction of sp³-hybridized carbons (Fsp3) is 0.182. The number of nitrogens with zero attached hydrogens (tertiary/aromatic N) is 2. The Morgan fingerprint density at radius 2 is 2.18 bits per heavy atom. The average Bonchev–Trinajstić information content (AvgIpc) is 2.59. The summed E-state index contributed by atoms with van der Waals surface area (Å²) in [7, 11) is 0. The third kappa shape index (κ3) is 2.55. The quantitative estimate of drug-likeness (QED) is 0.918. The fourth-order valence-electron chi connectivity index (χ4n) is 1.58. The molecule has 2 rings (SSSR count). The predicted molar refractivity (Wildman–Crippen MR) is 62.2 cm³/mol. The van der Waals surface area contributed by atoms with Crippen LogP contribution in [-0.2, 0) is 6.54 Å². The molecule has 0 aliphatic heterocycles. The van der Waals surface area contributed by atoms with Gasteiger partial charge < -0.3 is 5.73 Å². The zero-order valence-electron chi connectivity index (χ0n) is 8.78. The van der Waals surface area contributed by atoms with E-state index in [4.69, 9.17) is 17.3 Å². The van der Waals surface area contributed by atoms with E-state index < -0.39 is 6.43 Å². The van der Waals surface area contributed by atoms with Gasteiger partial charge in [-0.1, -0.05) is 23.7 Å². The molecule has 0 saturated heterocycles. The summed E-state index contributed by atoms with van der Waals surface area (Å²) in [5.41, 5.74) is 5.97. The second-order valence-corrected chi connectivity index (χ2v) is 4.01. The summed E-state index contributed by atoms with van der Waals surface area (Å²) < 4.78 is 26.7. The topological polar surface area (TPSA) is 43.8 Å². The molecule has 0 radical (unpaired) electrons. The number of benzene rings is 1. The summed E-state index contributed by atoms with van der Waals surface area (Å²) in [6.07, 6.45) is -1.41. The number of rotatable bonds is 3. The molecule has 0 aliphatic carbocycles. The van der Waals surface area contributed by atoms with Gasteiger partial charge in [-0.05, 0) is 17.7 Å². The maximum atomic E-state index is 12.7. The van der Waals surface area contributed by atoms with Gasteiger partial charge in [-0.3, -0.25) is 4.68 Å². The molecule has 2 aromatic rings. The van der Waals surface area contributed by atoms with Crippen LogP contribution in [0, 0.1) is 0 Å². The van der Waals surface area contributed by atoms with Gasteiger partial charge in [0, 0.05) is 5.02 Å². The molecule has 0 fully saturated rings. The zero-order chi connectivity index (χ0) is 12.4. The molecule has 3 nitrogen and oxygen atoms in total. The maximum Gasteiger partial charge on any atom is 0.282 e. The van der Waals surface area contributed by atoms with Gasteiger partial charge in [0.1, 0.15) is 5.69 Å². The smallest absolute Gasteiger partial charge is 0.282 e. The van der Waals surface area contributed by atoms with Crippen molar-refractivity contribution in [3.05, 3.63) is 46.7 Å². The van der Waals surface area contributed by atoms with Gasteiger partial charge in [-0.2, -0.15) is 5.10 Å². The number of anilines is 1. The number of nitrogen functional groups attached to an aromatic ring is 1. The minimum Gasteiger partial charge on any atom is -0.396 e. The van der Waals surface area contributed by atoms with Gasteiger partial charge in [0.25, 0.3) is 6.43 Å². The first-order valence-corrected chi connectivity index (χ1v) is 5.29. The molecule has 0 unspecified atom stereocenters. The molecule has 0 saturated carbocycles. The Labute approximate surface area is 102 Å². The van der Waals surface area contributed by atoms with Crippen LogP contribution in [0.25, 0.3) is 0 Å². The van der Waals surface area contributed by atoms with Crippen LogP contribution >= 0.6 is 11.6 Å². The predicted octanol–water partition coefficient (Wildman–Crippen LogP) is 3.10. The number of hydrogen-bond donors (Lipinski definition) is 1. The van der Waals surface area contributed by atoms with Gasteiger partial charge in [0.05, 0.1) is 18.4 Å². The van der Waals surface area contributed by atoms with Gasteiger partial charge in [0.15, 0.2) is 0 Å². The monoisotopic (exact) mass is 257 g/mol. The van der Waals surface area contributed by atoms with Crippen LogP contribution in [0.4, 0.5) is 14.5 Å². The van der Waals surface area contributed by atoms with E-state index in [-0.39, 0.29) is 17.9 Å². The highest BCUT2D eigenvalue weighted by atomic mass is 35.5. The molecule has 1 aromatic heterocycles. The van der Waals surface area contributed by atoms with Crippen LogP contribution in [0.2, 0.25) is 5.02 Å². The van der Waals surface area contributed by atoms with Crippen molar-refractivity contribution >= 4 is 17.3 Å². The molecular formula is C11H10ClF2N3. The SMILES string of the molecule is Nc1cnn(Cc2cccc(Cl)c2)c1C(F)F. The van der Waals surface area contributed by atoms with Crippen LogP contribution in [0.15, 0.2) is 30.5 Å². The van der Waals surface area contributed by atoms with Crippen molar-refractivity contribution in [3.63, 3.8) is 0 Å². The van der Waals surface area contributed by atoms with Crippen LogP contribution in [0.3, 0.4) is 0 Å². The summed E-state index contributed by atoms with van der Waals surface area (Å²) in [6.45, 7) is 0.220. The van der Waals surface area contributed by atoms with Crippen LogP contribution in [0.5, 0.6) is 0 Å². The lowest BCUT2D eigenvalue weighted by atomic mass is 10.2. The van der Waals surface area contributed by atoms with Crippen molar-refractivity contribution in [3.8, 4) is 0 Å². The van der Waals surface area contributed by atoms with Crippen LogP contribution in [-0.4, -0.2) is 9.78 Å². The molecule has 0 spiro atoms. The summed E-state index contributed by atoms with van der Waals surface area (Å²) in [5, 5.41) is 4.39. The Morgan fingerprint density at radius 1 is 1.41 bits per heavy atom. The number of nitrogens with two attached hydrogens (primary N) is 1. The lowest BCUT2D eigenvalue weighted by molar-refractivity contribution is 0.140.